The van der Waals surface area contributed by atoms with Crippen LogP contribution in [0.25, 0.3) is 0 Å². The fourth-order valence-corrected chi connectivity index (χ4v) is 1.67. The number of nitrogens with zero attached hydrogens (tertiary/aromatic N) is 1. The summed E-state index contributed by atoms with van der Waals surface area (Å²) in [6.07, 6.45) is 3.76. The predicted octanol–water partition coefficient (Wildman–Crippen LogP) is 2.28. The molecule has 0 radical (unpaired) electrons. The Balaban J connectivity index is 2.16. The highest BCUT2D eigenvalue weighted by Gasteiger charge is 2.31. The quantitative estimate of drug-likeness (QED) is 0.799. The number of carbonyl (C=O) groups is 1. The topological polar surface area (TPSA) is 33.5 Å². The summed E-state index contributed by atoms with van der Waals surface area (Å²) in [7, 11) is 1.83. The van der Waals surface area contributed by atoms with Crippen molar-refractivity contribution in [3.63, 3.8) is 0 Å². The zero-order chi connectivity index (χ0) is 9.42. The van der Waals surface area contributed by atoms with Crippen molar-refractivity contribution in [3.8, 4) is 0 Å². The molecule has 0 N–H and O–H groups in total. The zero-order valence-electron chi connectivity index (χ0n) is 7.29. The molecule has 1 aliphatic carbocycles. The molecule has 0 spiro atoms. The lowest BCUT2D eigenvalue weighted by molar-refractivity contribution is 0.0783. The van der Waals surface area contributed by atoms with E-state index in [0.29, 0.717) is 16.3 Å². The first-order chi connectivity index (χ1) is 6.20. The van der Waals surface area contributed by atoms with Crippen LogP contribution in [0.1, 0.15) is 23.2 Å². The molecule has 13 heavy (non-hydrogen) atoms. The second-order valence-electron chi connectivity index (χ2n) is 3.26. The Hall–Kier alpha value is -0.770. The normalized spacial score (nSPS) is 15.8. The third-order valence-electron chi connectivity index (χ3n) is 2.26. The van der Waals surface area contributed by atoms with Gasteiger partial charge in [-0.1, -0.05) is 0 Å². The first kappa shape index (κ1) is 8.81. The lowest BCUT2D eigenvalue weighted by Crippen LogP contribution is -2.28. The molecular weight excluding hydrogens is 234 g/mol. The van der Waals surface area contributed by atoms with Crippen molar-refractivity contribution in [3.05, 3.63) is 22.6 Å². The molecule has 0 aliphatic heterocycles. The Morgan fingerprint density at radius 2 is 2.38 bits per heavy atom. The number of carbonyl (C=O) groups excluding carboxylic acids is 1. The predicted molar refractivity (Wildman–Crippen MR) is 51.5 cm³/mol. The maximum absolute atomic E-state index is 11.7. The largest absolute Gasteiger partial charge is 0.457 e. The second-order valence-corrected chi connectivity index (χ2v) is 3.98. The van der Waals surface area contributed by atoms with Crippen LogP contribution in [0.4, 0.5) is 0 Å². The molecule has 2 rings (SSSR count). The number of furan rings is 1. The van der Waals surface area contributed by atoms with Gasteiger partial charge >= 0.3 is 0 Å². The second kappa shape index (κ2) is 3.18. The van der Waals surface area contributed by atoms with Gasteiger partial charge in [-0.05, 0) is 34.8 Å². The van der Waals surface area contributed by atoms with Gasteiger partial charge in [0.15, 0.2) is 4.67 Å². The van der Waals surface area contributed by atoms with Crippen molar-refractivity contribution in [2.45, 2.75) is 18.9 Å². The lowest BCUT2D eigenvalue weighted by Gasteiger charge is -2.14. The van der Waals surface area contributed by atoms with Gasteiger partial charge in [0.1, 0.15) is 0 Å². The fraction of sp³-hybridized carbons (Fsp3) is 0.444. The monoisotopic (exact) mass is 243 g/mol. The van der Waals surface area contributed by atoms with Gasteiger partial charge < -0.3 is 9.32 Å². The van der Waals surface area contributed by atoms with E-state index in [1.165, 1.54) is 6.26 Å². The molecular formula is C9H10BrNO2. The van der Waals surface area contributed by atoms with Crippen molar-refractivity contribution in [2.75, 3.05) is 7.05 Å². The van der Waals surface area contributed by atoms with E-state index >= 15 is 0 Å². The van der Waals surface area contributed by atoms with Crippen LogP contribution in [0, 0.1) is 0 Å². The Bertz CT molecular complexity index is 330. The molecule has 0 unspecified atom stereocenters. The van der Waals surface area contributed by atoms with E-state index < -0.39 is 0 Å². The van der Waals surface area contributed by atoms with Crippen LogP contribution in [0.3, 0.4) is 0 Å². The summed E-state index contributed by atoms with van der Waals surface area (Å²) in [5.74, 6) is 0.0307. The maximum Gasteiger partial charge on any atom is 0.258 e. The molecule has 4 heteroatoms. The molecule has 1 aliphatic rings. The molecule has 1 aromatic heterocycles. The number of hydrogen-bond acceptors (Lipinski definition) is 2. The van der Waals surface area contributed by atoms with Crippen molar-refractivity contribution in [1.82, 2.24) is 4.90 Å². The summed E-state index contributed by atoms with van der Waals surface area (Å²) >= 11 is 3.19. The van der Waals surface area contributed by atoms with Crippen LogP contribution in [0.5, 0.6) is 0 Å². The van der Waals surface area contributed by atoms with Crippen molar-refractivity contribution in [1.29, 1.82) is 0 Å². The Morgan fingerprint density at radius 1 is 1.69 bits per heavy atom. The summed E-state index contributed by atoms with van der Waals surface area (Å²) in [4.78, 5) is 13.5. The van der Waals surface area contributed by atoms with Crippen LogP contribution >= 0.6 is 15.9 Å². The van der Waals surface area contributed by atoms with Crippen LogP contribution in [-0.4, -0.2) is 23.9 Å². The number of halogens is 1. The molecule has 70 valence electrons. The highest BCUT2D eigenvalue weighted by atomic mass is 79.9. The van der Waals surface area contributed by atoms with E-state index in [4.69, 9.17) is 4.42 Å². The van der Waals surface area contributed by atoms with E-state index in [-0.39, 0.29) is 5.91 Å². The van der Waals surface area contributed by atoms with Crippen LogP contribution in [-0.2, 0) is 0 Å². The number of hydrogen-bond donors (Lipinski definition) is 0. The molecule has 1 amide bonds. The van der Waals surface area contributed by atoms with E-state index in [9.17, 15) is 4.79 Å². The van der Waals surface area contributed by atoms with Gasteiger partial charge in [0, 0.05) is 13.1 Å². The summed E-state index contributed by atoms with van der Waals surface area (Å²) in [5, 5.41) is 0. The average Bonchev–Trinajstić information content (AvgIpc) is 2.87. The fourth-order valence-electron chi connectivity index (χ4n) is 1.26. The maximum atomic E-state index is 11.7. The van der Waals surface area contributed by atoms with E-state index in [1.54, 1.807) is 11.0 Å². The summed E-state index contributed by atoms with van der Waals surface area (Å²) in [5.41, 5.74) is 0.606. The minimum absolute atomic E-state index is 0.0307. The molecule has 1 heterocycles. The van der Waals surface area contributed by atoms with Crippen LogP contribution < -0.4 is 0 Å². The molecule has 1 fully saturated rings. The summed E-state index contributed by atoms with van der Waals surface area (Å²) in [6.45, 7) is 0. The highest BCUT2D eigenvalue weighted by Crippen LogP contribution is 2.28. The molecule has 3 nitrogen and oxygen atoms in total. The summed E-state index contributed by atoms with van der Waals surface area (Å²) in [6, 6.07) is 2.12. The van der Waals surface area contributed by atoms with Crippen LogP contribution in [0.2, 0.25) is 0 Å². The molecule has 0 saturated heterocycles. The molecule has 0 atom stereocenters. The third kappa shape index (κ3) is 1.63. The minimum atomic E-state index is 0.0307. The van der Waals surface area contributed by atoms with E-state index in [0.717, 1.165) is 12.8 Å². The Labute approximate surface area is 84.8 Å². The molecule has 0 bridgehead atoms. The van der Waals surface area contributed by atoms with E-state index in [1.807, 2.05) is 7.05 Å². The molecule has 1 aromatic rings. The third-order valence-corrected chi connectivity index (χ3v) is 2.88. The first-order valence-corrected chi connectivity index (χ1v) is 4.99. The van der Waals surface area contributed by atoms with Gasteiger partial charge in [-0.15, -0.1) is 0 Å². The van der Waals surface area contributed by atoms with Gasteiger partial charge in [-0.25, -0.2) is 0 Å². The van der Waals surface area contributed by atoms with Crippen molar-refractivity contribution in [2.24, 2.45) is 0 Å². The molecule has 1 saturated carbocycles. The smallest absolute Gasteiger partial charge is 0.258 e. The number of rotatable bonds is 2. The zero-order valence-corrected chi connectivity index (χ0v) is 8.87. The standard InChI is InChI=1S/C9H10BrNO2/c1-11(6-2-3-6)9(12)7-4-5-13-8(7)10/h4-6H,2-3H2,1H3. The Morgan fingerprint density at radius 3 is 2.85 bits per heavy atom. The number of amides is 1. The van der Waals surface area contributed by atoms with Gasteiger partial charge in [-0.3, -0.25) is 4.79 Å². The summed E-state index contributed by atoms with van der Waals surface area (Å²) < 4.78 is 5.52. The van der Waals surface area contributed by atoms with Gasteiger partial charge in [0.25, 0.3) is 5.91 Å². The highest BCUT2D eigenvalue weighted by molar-refractivity contribution is 9.10. The first-order valence-electron chi connectivity index (χ1n) is 4.20. The van der Waals surface area contributed by atoms with Crippen LogP contribution in [0.15, 0.2) is 21.4 Å². The average molecular weight is 244 g/mol. The lowest BCUT2D eigenvalue weighted by atomic mass is 10.3. The molecule has 0 aromatic carbocycles. The van der Waals surface area contributed by atoms with Gasteiger partial charge in [0.2, 0.25) is 0 Å². The van der Waals surface area contributed by atoms with Gasteiger partial charge in [-0.2, -0.15) is 0 Å². The van der Waals surface area contributed by atoms with Crippen molar-refractivity contribution >= 4 is 21.8 Å². The van der Waals surface area contributed by atoms with E-state index in [2.05, 4.69) is 15.9 Å². The van der Waals surface area contributed by atoms with Crippen molar-refractivity contribution < 1.29 is 9.21 Å². The SMILES string of the molecule is CN(C(=O)c1ccoc1Br)C1CC1. The Kier molecular flexibility index (Phi) is 2.15. The van der Waals surface area contributed by atoms with Gasteiger partial charge in [0.05, 0.1) is 11.8 Å². The minimum Gasteiger partial charge on any atom is -0.457 e.